The number of esters is 1. The van der Waals surface area contributed by atoms with E-state index in [1.165, 1.54) is 7.11 Å². The Labute approximate surface area is 151 Å². The number of methoxy groups -OCH3 is 1. The van der Waals surface area contributed by atoms with Crippen LogP contribution in [0.5, 0.6) is 0 Å². The Morgan fingerprint density at radius 1 is 1.36 bits per heavy atom. The molecule has 1 amide bonds. The molecule has 1 aromatic heterocycles. The number of hydrogen-bond acceptors (Lipinski definition) is 5. The minimum absolute atomic E-state index is 0.253. The number of ether oxygens (including phenoxy) is 1. The summed E-state index contributed by atoms with van der Waals surface area (Å²) in [7, 11) is 1.34. The molecule has 0 radical (unpaired) electrons. The molecule has 1 fully saturated rings. The van der Waals surface area contributed by atoms with Gasteiger partial charge in [0, 0.05) is 17.0 Å². The molecule has 0 saturated heterocycles. The van der Waals surface area contributed by atoms with Crippen molar-refractivity contribution in [2.75, 3.05) is 19.1 Å². The predicted molar refractivity (Wildman–Crippen MR) is 100.0 cm³/mol. The number of fused-ring (bicyclic) bond motifs is 1. The lowest BCUT2D eigenvalue weighted by atomic mass is 10.0. The number of amides is 1. The molecule has 3 rings (SSSR count). The summed E-state index contributed by atoms with van der Waals surface area (Å²) >= 11 is 1.63. The number of hydrogen-bond donors (Lipinski definition) is 1. The molecule has 1 saturated carbocycles. The standard InChI is InChI=1S/C19H22N2O3S/c1-24-19(23)16(9-10-25-2)21-18(22)14-11-17(12-7-8-12)20-15-6-4-3-5-13(14)15/h3-6,11-12,16H,7-10H2,1-2H3,(H,21,22)/t16-/m1/s1. The molecule has 0 unspecified atom stereocenters. The number of nitrogens with zero attached hydrogens (tertiary/aromatic N) is 1. The summed E-state index contributed by atoms with van der Waals surface area (Å²) in [5.74, 6) is 0.550. The molecule has 2 aromatic rings. The number of pyridine rings is 1. The van der Waals surface area contributed by atoms with Gasteiger partial charge in [-0.2, -0.15) is 11.8 Å². The van der Waals surface area contributed by atoms with Gasteiger partial charge in [0.25, 0.3) is 5.91 Å². The van der Waals surface area contributed by atoms with Crippen molar-refractivity contribution in [3.05, 3.63) is 41.6 Å². The molecule has 0 bridgehead atoms. The van der Waals surface area contributed by atoms with Crippen LogP contribution in [0.15, 0.2) is 30.3 Å². The topological polar surface area (TPSA) is 68.3 Å². The highest BCUT2D eigenvalue weighted by atomic mass is 32.2. The van der Waals surface area contributed by atoms with E-state index >= 15 is 0 Å². The number of thioether (sulfide) groups is 1. The fraction of sp³-hybridized carbons (Fsp3) is 0.421. The number of para-hydroxylation sites is 1. The summed E-state index contributed by atoms with van der Waals surface area (Å²) in [5.41, 5.74) is 2.35. The van der Waals surface area contributed by atoms with Gasteiger partial charge in [-0.3, -0.25) is 9.78 Å². The van der Waals surface area contributed by atoms with E-state index in [0.717, 1.165) is 35.2 Å². The fourth-order valence-electron chi connectivity index (χ4n) is 2.83. The largest absolute Gasteiger partial charge is 0.467 e. The number of nitrogens with one attached hydrogen (secondary N) is 1. The quantitative estimate of drug-likeness (QED) is 0.770. The van der Waals surface area contributed by atoms with Crippen molar-refractivity contribution >= 4 is 34.5 Å². The van der Waals surface area contributed by atoms with Gasteiger partial charge >= 0.3 is 5.97 Å². The van der Waals surface area contributed by atoms with E-state index in [4.69, 9.17) is 4.74 Å². The van der Waals surface area contributed by atoms with E-state index < -0.39 is 12.0 Å². The van der Waals surface area contributed by atoms with Crippen LogP contribution >= 0.6 is 11.8 Å². The van der Waals surface area contributed by atoms with E-state index in [1.54, 1.807) is 11.8 Å². The molecule has 6 heteroatoms. The van der Waals surface area contributed by atoms with Crippen LogP contribution in [0.1, 0.15) is 41.2 Å². The number of aromatic nitrogens is 1. The average molecular weight is 358 g/mol. The highest BCUT2D eigenvalue weighted by molar-refractivity contribution is 7.98. The maximum atomic E-state index is 12.9. The van der Waals surface area contributed by atoms with Crippen molar-refractivity contribution < 1.29 is 14.3 Å². The summed E-state index contributed by atoms with van der Waals surface area (Å²) in [4.78, 5) is 29.6. The van der Waals surface area contributed by atoms with Crippen molar-refractivity contribution in [2.24, 2.45) is 0 Å². The smallest absolute Gasteiger partial charge is 0.328 e. The van der Waals surface area contributed by atoms with Gasteiger partial charge < -0.3 is 10.1 Å². The number of rotatable bonds is 7. The van der Waals surface area contributed by atoms with Gasteiger partial charge in [0.15, 0.2) is 0 Å². The molecule has 1 atom stereocenters. The van der Waals surface area contributed by atoms with E-state index in [2.05, 4.69) is 10.3 Å². The molecule has 5 nitrogen and oxygen atoms in total. The Hall–Kier alpha value is -2.08. The Morgan fingerprint density at radius 2 is 2.12 bits per heavy atom. The molecular weight excluding hydrogens is 336 g/mol. The summed E-state index contributed by atoms with van der Waals surface area (Å²) in [6.07, 6.45) is 4.74. The third kappa shape index (κ3) is 4.12. The molecule has 0 spiro atoms. The first-order valence-corrected chi connectivity index (χ1v) is 9.80. The molecule has 1 N–H and O–H groups in total. The monoisotopic (exact) mass is 358 g/mol. The maximum absolute atomic E-state index is 12.9. The molecule has 1 heterocycles. The van der Waals surface area contributed by atoms with Crippen LogP contribution in [0.2, 0.25) is 0 Å². The molecular formula is C19H22N2O3S. The van der Waals surface area contributed by atoms with Crippen LogP contribution in [0.3, 0.4) is 0 Å². The summed E-state index contributed by atoms with van der Waals surface area (Å²) in [6.45, 7) is 0. The summed E-state index contributed by atoms with van der Waals surface area (Å²) in [5, 5.41) is 3.65. The number of benzene rings is 1. The molecule has 0 aliphatic heterocycles. The molecule has 1 aliphatic carbocycles. The van der Waals surface area contributed by atoms with E-state index in [1.807, 2.05) is 36.6 Å². The Morgan fingerprint density at radius 3 is 2.80 bits per heavy atom. The lowest BCUT2D eigenvalue weighted by molar-refractivity contribution is -0.142. The zero-order chi connectivity index (χ0) is 17.8. The minimum Gasteiger partial charge on any atom is -0.467 e. The third-order valence-electron chi connectivity index (χ3n) is 4.38. The Kier molecular flexibility index (Phi) is 5.58. The zero-order valence-electron chi connectivity index (χ0n) is 14.5. The first kappa shape index (κ1) is 17.7. The molecule has 1 aromatic carbocycles. The highest BCUT2D eigenvalue weighted by Gasteiger charge is 2.28. The van der Waals surface area contributed by atoms with Crippen LogP contribution in [0, 0.1) is 0 Å². The highest BCUT2D eigenvalue weighted by Crippen LogP contribution is 2.40. The first-order chi connectivity index (χ1) is 12.1. The normalized spacial score (nSPS) is 15.0. The second-order valence-electron chi connectivity index (χ2n) is 6.22. The van der Waals surface area contributed by atoms with Crippen LogP contribution in [-0.4, -0.2) is 42.0 Å². The van der Waals surface area contributed by atoms with Gasteiger partial charge in [0.1, 0.15) is 6.04 Å². The first-order valence-electron chi connectivity index (χ1n) is 8.41. The van der Waals surface area contributed by atoms with Crippen molar-refractivity contribution in [1.82, 2.24) is 10.3 Å². The van der Waals surface area contributed by atoms with Gasteiger partial charge in [-0.25, -0.2) is 4.79 Å². The Balaban J connectivity index is 1.91. The molecule has 132 valence electrons. The van der Waals surface area contributed by atoms with Gasteiger partial charge in [-0.05, 0) is 43.4 Å². The molecule has 25 heavy (non-hydrogen) atoms. The zero-order valence-corrected chi connectivity index (χ0v) is 15.3. The van der Waals surface area contributed by atoms with E-state index in [9.17, 15) is 9.59 Å². The maximum Gasteiger partial charge on any atom is 0.328 e. The van der Waals surface area contributed by atoms with Crippen molar-refractivity contribution in [2.45, 2.75) is 31.2 Å². The third-order valence-corrected chi connectivity index (χ3v) is 5.02. The fourth-order valence-corrected chi connectivity index (χ4v) is 3.31. The van der Waals surface area contributed by atoms with Gasteiger partial charge in [0.2, 0.25) is 0 Å². The number of carbonyl (C=O) groups excluding carboxylic acids is 2. The summed E-state index contributed by atoms with van der Waals surface area (Å²) in [6, 6.07) is 8.86. The lowest BCUT2D eigenvalue weighted by Gasteiger charge is -2.17. The van der Waals surface area contributed by atoms with Crippen LogP contribution in [-0.2, 0) is 9.53 Å². The minimum atomic E-state index is -0.638. The predicted octanol–water partition coefficient (Wildman–Crippen LogP) is 3.14. The Bertz CT molecular complexity index is 789. The van der Waals surface area contributed by atoms with Crippen molar-refractivity contribution in [1.29, 1.82) is 0 Å². The van der Waals surface area contributed by atoms with Gasteiger partial charge in [-0.1, -0.05) is 18.2 Å². The van der Waals surface area contributed by atoms with E-state index in [-0.39, 0.29) is 5.91 Å². The second-order valence-corrected chi connectivity index (χ2v) is 7.20. The number of carbonyl (C=O) groups is 2. The summed E-state index contributed by atoms with van der Waals surface area (Å²) < 4.78 is 4.83. The molecule has 1 aliphatic rings. The van der Waals surface area contributed by atoms with Crippen molar-refractivity contribution in [3.63, 3.8) is 0 Å². The van der Waals surface area contributed by atoms with Gasteiger partial charge in [-0.15, -0.1) is 0 Å². The SMILES string of the molecule is COC(=O)[C@@H](CCSC)NC(=O)c1cc(C2CC2)nc2ccccc12. The van der Waals surface area contributed by atoms with Crippen molar-refractivity contribution in [3.8, 4) is 0 Å². The second kappa shape index (κ2) is 7.87. The van der Waals surface area contributed by atoms with E-state index in [0.29, 0.717) is 17.9 Å². The lowest BCUT2D eigenvalue weighted by Crippen LogP contribution is -2.42. The van der Waals surface area contributed by atoms with Crippen LogP contribution in [0.4, 0.5) is 0 Å². The van der Waals surface area contributed by atoms with Crippen LogP contribution in [0.25, 0.3) is 10.9 Å². The van der Waals surface area contributed by atoms with Gasteiger partial charge in [0.05, 0.1) is 18.2 Å². The van der Waals surface area contributed by atoms with Crippen LogP contribution < -0.4 is 5.32 Å². The average Bonchev–Trinajstić information content (AvgIpc) is 3.48.